The zero-order valence-corrected chi connectivity index (χ0v) is 13.2. The second-order valence-electron chi connectivity index (χ2n) is 6.09. The molecule has 0 rings (SSSR count). The number of aliphatic hydroxyl groups is 1. The first-order valence-corrected chi connectivity index (χ1v) is 7.84. The van der Waals surface area contributed by atoms with Crippen molar-refractivity contribution in [3.8, 4) is 0 Å². The van der Waals surface area contributed by atoms with E-state index in [4.69, 9.17) is 0 Å². The van der Waals surface area contributed by atoms with Crippen LogP contribution in [0.4, 0.5) is 0 Å². The minimum absolute atomic E-state index is 0.140. The van der Waals surface area contributed by atoms with Gasteiger partial charge in [-0.1, -0.05) is 34.6 Å². The summed E-state index contributed by atoms with van der Waals surface area (Å²) < 4.78 is 0. The highest BCUT2D eigenvalue weighted by molar-refractivity contribution is 7.99. The van der Waals surface area contributed by atoms with Gasteiger partial charge in [-0.05, 0) is 31.4 Å². The van der Waals surface area contributed by atoms with Crippen LogP contribution in [-0.2, 0) is 0 Å². The maximum Gasteiger partial charge on any atom is 0.0611 e. The highest BCUT2D eigenvalue weighted by Crippen LogP contribution is 2.23. The van der Waals surface area contributed by atoms with Crippen LogP contribution in [0.3, 0.4) is 0 Å². The summed E-state index contributed by atoms with van der Waals surface area (Å²) in [5, 5.41) is 13.6. The molecule has 0 aromatic carbocycles. The highest BCUT2D eigenvalue weighted by Gasteiger charge is 2.26. The predicted octanol–water partition coefficient (Wildman–Crippen LogP) is 3.29. The fraction of sp³-hybridized carbons (Fsp3) is 1.00. The highest BCUT2D eigenvalue weighted by atomic mass is 32.2. The molecule has 0 aliphatic heterocycles. The van der Waals surface area contributed by atoms with Gasteiger partial charge in [-0.2, -0.15) is 11.8 Å². The summed E-state index contributed by atoms with van der Waals surface area (Å²) >= 11 is 2.02. The van der Waals surface area contributed by atoms with E-state index in [0.29, 0.717) is 11.3 Å². The minimum Gasteiger partial charge on any atom is -0.394 e. The Balaban J connectivity index is 4.00. The lowest BCUT2D eigenvalue weighted by molar-refractivity contribution is 0.157. The number of nitrogens with one attached hydrogen (secondary N) is 1. The van der Waals surface area contributed by atoms with Gasteiger partial charge in [0.05, 0.1) is 6.61 Å². The van der Waals surface area contributed by atoms with Crippen molar-refractivity contribution in [1.29, 1.82) is 0 Å². The van der Waals surface area contributed by atoms with Crippen molar-refractivity contribution in [2.45, 2.75) is 71.2 Å². The molecule has 0 bridgehead atoms. The Morgan fingerprint density at radius 3 is 2.18 bits per heavy atom. The molecule has 0 radical (unpaired) electrons. The van der Waals surface area contributed by atoms with Crippen molar-refractivity contribution >= 4 is 11.8 Å². The molecule has 2 N–H and O–H groups in total. The maximum atomic E-state index is 9.52. The standard InChI is InChI=1S/C14H31NOS/c1-11(2)7-8-17-13(5)9-14(6,10-16)15-12(3)4/h11-13,15-16H,7-10H2,1-6H3. The van der Waals surface area contributed by atoms with Crippen molar-refractivity contribution in [3.05, 3.63) is 0 Å². The molecule has 2 nitrogen and oxygen atoms in total. The third-order valence-electron chi connectivity index (χ3n) is 2.82. The summed E-state index contributed by atoms with van der Waals surface area (Å²) in [4.78, 5) is 0. The fourth-order valence-corrected chi connectivity index (χ4v) is 3.56. The average Bonchev–Trinajstić information content (AvgIpc) is 2.15. The summed E-state index contributed by atoms with van der Waals surface area (Å²) in [6, 6.07) is 0.417. The number of aliphatic hydroxyl groups excluding tert-OH is 1. The Bertz CT molecular complexity index is 197. The van der Waals surface area contributed by atoms with Gasteiger partial charge in [0, 0.05) is 16.8 Å². The third-order valence-corrected chi connectivity index (χ3v) is 4.03. The van der Waals surface area contributed by atoms with Crippen molar-refractivity contribution in [1.82, 2.24) is 5.32 Å². The maximum absolute atomic E-state index is 9.52. The Hall–Kier alpha value is 0.270. The summed E-state index contributed by atoms with van der Waals surface area (Å²) in [7, 11) is 0. The monoisotopic (exact) mass is 261 g/mol. The summed E-state index contributed by atoms with van der Waals surface area (Å²) in [5.74, 6) is 2.01. The Morgan fingerprint density at radius 2 is 1.76 bits per heavy atom. The lowest BCUT2D eigenvalue weighted by Gasteiger charge is -2.33. The molecule has 0 aromatic heterocycles. The van der Waals surface area contributed by atoms with Crippen LogP contribution < -0.4 is 5.32 Å². The van der Waals surface area contributed by atoms with Gasteiger partial charge in [-0.3, -0.25) is 0 Å². The molecule has 2 unspecified atom stereocenters. The van der Waals surface area contributed by atoms with Gasteiger partial charge in [0.2, 0.25) is 0 Å². The van der Waals surface area contributed by atoms with Crippen LogP contribution in [0.5, 0.6) is 0 Å². The lowest BCUT2D eigenvalue weighted by atomic mass is 9.96. The molecule has 0 amide bonds. The first-order valence-electron chi connectivity index (χ1n) is 6.79. The van der Waals surface area contributed by atoms with Crippen molar-refractivity contribution < 1.29 is 5.11 Å². The van der Waals surface area contributed by atoms with Gasteiger partial charge < -0.3 is 10.4 Å². The van der Waals surface area contributed by atoms with E-state index in [0.717, 1.165) is 12.3 Å². The van der Waals surface area contributed by atoms with E-state index < -0.39 is 0 Å². The van der Waals surface area contributed by atoms with Gasteiger partial charge in [0.25, 0.3) is 0 Å². The smallest absolute Gasteiger partial charge is 0.0611 e. The van der Waals surface area contributed by atoms with E-state index in [1.807, 2.05) is 11.8 Å². The number of rotatable bonds is 9. The van der Waals surface area contributed by atoms with E-state index in [-0.39, 0.29) is 12.1 Å². The molecular weight excluding hydrogens is 230 g/mol. The van der Waals surface area contributed by atoms with Crippen LogP contribution in [-0.4, -0.2) is 34.3 Å². The van der Waals surface area contributed by atoms with Gasteiger partial charge >= 0.3 is 0 Å². The van der Waals surface area contributed by atoms with E-state index in [1.54, 1.807) is 0 Å². The first kappa shape index (κ1) is 17.3. The Labute approximate surface area is 112 Å². The van der Waals surface area contributed by atoms with Crippen LogP contribution in [0.15, 0.2) is 0 Å². The molecule has 104 valence electrons. The summed E-state index contributed by atoms with van der Waals surface area (Å²) in [5.41, 5.74) is -0.140. The Morgan fingerprint density at radius 1 is 1.18 bits per heavy atom. The van der Waals surface area contributed by atoms with E-state index in [2.05, 4.69) is 46.9 Å². The fourth-order valence-electron chi connectivity index (χ4n) is 2.06. The van der Waals surface area contributed by atoms with Crippen molar-refractivity contribution in [3.63, 3.8) is 0 Å². The average molecular weight is 261 g/mol. The normalized spacial score (nSPS) is 17.5. The summed E-state index contributed by atoms with van der Waals surface area (Å²) in [6.45, 7) is 13.4. The Kier molecular flexibility index (Phi) is 8.52. The molecule has 0 heterocycles. The minimum atomic E-state index is -0.140. The number of hydrogen-bond acceptors (Lipinski definition) is 3. The predicted molar refractivity (Wildman–Crippen MR) is 79.8 cm³/mol. The van der Waals surface area contributed by atoms with Crippen LogP contribution in [0.25, 0.3) is 0 Å². The van der Waals surface area contributed by atoms with Crippen LogP contribution in [0.1, 0.15) is 54.4 Å². The van der Waals surface area contributed by atoms with Crippen molar-refractivity contribution in [2.24, 2.45) is 5.92 Å². The molecule has 0 saturated carbocycles. The zero-order valence-electron chi connectivity index (χ0n) is 12.4. The topological polar surface area (TPSA) is 32.3 Å². The number of thioether (sulfide) groups is 1. The van der Waals surface area contributed by atoms with Gasteiger partial charge in [0.1, 0.15) is 0 Å². The second-order valence-corrected chi connectivity index (χ2v) is 7.63. The van der Waals surface area contributed by atoms with Crippen LogP contribution >= 0.6 is 11.8 Å². The SMILES string of the molecule is CC(C)CCSC(C)CC(C)(CO)NC(C)C. The van der Waals surface area contributed by atoms with Gasteiger partial charge in [-0.15, -0.1) is 0 Å². The zero-order chi connectivity index (χ0) is 13.5. The van der Waals surface area contributed by atoms with E-state index >= 15 is 0 Å². The molecular formula is C14H31NOS. The lowest BCUT2D eigenvalue weighted by Crippen LogP contribution is -2.50. The second kappa shape index (κ2) is 8.39. The van der Waals surface area contributed by atoms with Gasteiger partial charge in [-0.25, -0.2) is 0 Å². The van der Waals surface area contributed by atoms with Crippen molar-refractivity contribution in [2.75, 3.05) is 12.4 Å². The molecule has 0 aromatic rings. The first-order chi connectivity index (χ1) is 7.79. The molecule has 2 atom stereocenters. The molecule has 0 aliphatic rings. The largest absolute Gasteiger partial charge is 0.394 e. The molecule has 0 aliphatic carbocycles. The third kappa shape index (κ3) is 8.92. The molecule has 17 heavy (non-hydrogen) atoms. The number of hydrogen-bond donors (Lipinski definition) is 2. The summed E-state index contributed by atoms with van der Waals surface area (Å²) in [6.07, 6.45) is 2.30. The van der Waals surface area contributed by atoms with Gasteiger partial charge in [0.15, 0.2) is 0 Å². The molecule has 3 heteroatoms. The van der Waals surface area contributed by atoms with E-state index in [9.17, 15) is 5.11 Å². The molecule has 0 fully saturated rings. The quantitative estimate of drug-likeness (QED) is 0.668. The molecule has 0 saturated heterocycles. The molecule has 0 spiro atoms. The van der Waals surface area contributed by atoms with E-state index in [1.165, 1.54) is 12.2 Å². The van der Waals surface area contributed by atoms with Crippen LogP contribution in [0.2, 0.25) is 0 Å². The van der Waals surface area contributed by atoms with Crippen LogP contribution in [0, 0.1) is 5.92 Å².